The summed E-state index contributed by atoms with van der Waals surface area (Å²) in [5.74, 6) is 0.138. The zero-order valence-corrected chi connectivity index (χ0v) is 7.06. The predicted molar refractivity (Wildman–Crippen MR) is 46.5 cm³/mol. The van der Waals surface area contributed by atoms with E-state index in [1.807, 2.05) is 0 Å². The van der Waals surface area contributed by atoms with Gasteiger partial charge in [-0.3, -0.25) is 4.79 Å². The Balaban J connectivity index is 2.02. The van der Waals surface area contributed by atoms with Crippen LogP contribution in [0.15, 0.2) is 17.2 Å². The molecule has 1 saturated carbocycles. The van der Waals surface area contributed by atoms with Crippen molar-refractivity contribution in [2.75, 3.05) is 0 Å². The summed E-state index contributed by atoms with van der Waals surface area (Å²) < 4.78 is 5.32. The van der Waals surface area contributed by atoms with Gasteiger partial charge in [0.15, 0.2) is 0 Å². The van der Waals surface area contributed by atoms with Crippen molar-refractivity contribution in [3.05, 3.63) is 22.7 Å². The first kappa shape index (κ1) is 8.25. The second-order valence-electron chi connectivity index (χ2n) is 3.19. The Morgan fingerprint density at radius 1 is 1.62 bits per heavy atom. The van der Waals surface area contributed by atoms with E-state index in [2.05, 4.69) is 9.97 Å². The summed E-state index contributed by atoms with van der Waals surface area (Å²) in [6.45, 7) is 0. The Kier molecular flexibility index (Phi) is 2.02. The summed E-state index contributed by atoms with van der Waals surface area (Å²) in [7, 11) is 0. The predicted octanol–water partition coefficient (Wildman–Crippen LogP) is -0.362. The maximum atomic E-state index is 11.1. The summed E-state index contributed by atoms with van der Waals surface area (Å²) in [6.07, 6.45) is 4.63. The molecule has 0 radical (unpaired) electrons. The number of nitrogens with one attached hydrogen (secondary N) is 1. The highest BCUT2D eigenvalue weighted by molar-refractivity contribution is 5.04. The summed E-state index contributed by atoms with van der Waals surface area (Å²) in [5, 5.41) is 0. The highest BCUT2D eigenvalue weighted by Crippen LogP contribution is 2.21. The molecule has 2 rings (SSSR count). The zero-order chi connectivity index (χ0) is 9.26. The van der Waals surface area contributed by atoms with E-state index in [9.17, 15) is 4.79 Å². The van der Waals surface area contributed by atoms with Gasteiger partial charge < -0.3 is 15.5 Å². The van der Waals surface area contributed by atoms with Crippen molar-refractivity contribution in [3.63, 3.8) is 0 Å². The molecule has 0 aliphatic heterocycles. The lowest BCUT2D eigenvalue weighted by atomic mass is 9.90. The van der Waals surface area contributed by atoms with Crippen LogP contribution < -0.4 is 16.0 Å². The van der Waals surface area contributed by atoms with Crippen molar-refractivity contribution >= 4 is 0 Å². The normalized spacial score (nSPS) is 26.5. The van der Waals surface area contributed by atoms with Gasteiger partial charge in [-0.1, -0.05) is 0 Å². The van der Waals surface area contributed by atoms with E-state index in [4.69, 9.17) is 10.5 Å². The van der Waals surface area contributed by atoms with E-state index >= 15 is 0 Å². The van der Waals surface area contributed by atoms with E-state index in [-0.39, 0.29) is 23.6 Å². The highest BCUT2D eigenvalue weighted by Gasteiger charge is 2.28. The van der Waals surface area contributed by atoms with Crippen LogP contribution in [0, 0.1) is 0 Å². The minimum Gasteiger partial charge on any atom is -0.470 e. The lowest BCUT2D eigenvalue weighted by Gasteiger charge is -2.31. The molecule has 0 aromatic carbocycles. The summed E-state index contributed by atoms with van der Waals surface area (Å²) in [5.41, 5.74) is 5.29. The van der Waals surface area contributed by atoms with Crippen molar-refractivity contribution in [1.29, 1.82) is 0 Å². The molecule has 5 heteroatoms. The van der Waals surface area contributed by atoms with Gasteiger partial charge in [0.05, 0.1) is 0 Å². The molecule has 1 aromatic heterocycles. The highest BCUT2D eigenvalue weighted by atomic mass is 16.5. The number of hydrogen-bond acceptors (Lipinski definition) is 4. The summed E-state index contributed by atoms with van der Waals surface area (Å²) in [6, 6.07) is 0.216. The zero-order valence-electron chi connectivity index (χ0n) is 7.06. The second-order valence-corrected chi connectivity index (χ2v) is 3.19. The minimum absolute atomic E-state index is 0.0611. The van der Waals surface area contributed by atoms with Crippen molar-refractivity contribution < 1.29 is 4.74 Å². The van der Waals surface area contributed by atoms with Crippen LogP contribution in [0.3, 0.4) is 0 Å². The smallest absolute Gasteiger partial charge is 0.310 e. The van der Waals surface area contributed by atoms with E-state index in [0.717, 1.165) is 12.8 Å². The van der Waals surface area contributed by atoms with Crippen molar-refractivity contribution in [2.45, 2.75) is 25.0 Å². The van der Waals surface area contributed by atoms with Crippen LogP contribution in [-0.4, -0.2) is 22.1 Å². The van der Waals surface area contributed by atoms with Crippen molar-refractivity contribution in [1.82, 2.24) is 9.97 Å². The average Bonchev–Trinajstić information content (AvgIpc) is 2.06. The summed E-state index contributed by atoms with van der Waals surface area (Å²) >= 11 is 0. The Hall–Kier alpha value is -1.36. The number of H-pyrrole nitrogens is 1. The topological polar surface area (TPSA) is 81.0 Å². The Morgan fingerprint density at radius 3 is 3.00 bits per heavy atom. The summed E-state index contributed by atoms with van der Waals surface area (Å²) in [4.78, 5) is 17.4. The molecule has 13 heavy (non-hydrogen) atoms. The molecular weight excluding hydrogens is 170 g/mol. The van der Waals surface area contributed by atoms with Crippen LogP contribution in [-0.2, 0) is 0 Å². The van der Waals surface area contributed by atoms with Crippen LogP contribution in [0.4, 0.5) is 0 Å². The Bertz CT molecular complexity index is 343. The van der Waals surface area contributed by atoms with Gasteiger partial charge in [0.1, 0.15) is 6.10 Å². The van der Waals surface area contributed by atoms with Gasteiger partial charge in [0.2, 0.25) is 0 Å². The van der Waals surface area contributed by atoms with Gasteiger partial charge in [-0.15, -0.1) is 0 Å². The molecule has 1 aromatic rings. The Morgan fingerprint density at radius 2 is 2.38 bits per heavy atom. The van der Waals surface area contributed by atoms with E-state index in [0.29, 0.717) is 0 Å². The Labute approximate surface area is 74.9 Å². The first-order valence-corrected chi connectivity index (χ1v) is 4.21. The SMILES string of the molecule is NC1CC(Oc2ncc[nH]c2=O)C1. The van der Waals surface area contributed by atoms with Crippen molar-refractivity contribution in [3.8, 4) is 5.88 Å². The average molecular weight is 181 g/mol. The lowest BCUT2D eigenvalue weighted by Crippen LogP contribution is -2.44. The molecule has 0 saturated heterocycles. The quantitative estimate of drug-likeness (QED) is 0.652. The van der Waals surface area contributed by atoms with Gasteiger partial charge >= 0.3 is 5.56 Å². The lowest BCUT2D eigenvalue weighted by molar-refractivity contribution is 0.0939. The van der Waals surface area contributed by atoms with Crippen molar-refractivity contribution in [2.24, 2.45) is 5.73 Å². The molecule has 0 spiro atoms. The first-order chi connectivity index (χ1) is 6.25. The molecule has 0 unspecified atom stereocenters. The fourth-order valence-electron chi connectivity index (χ4n) is 1.28. The van der Waals surface area contributed by atoms with Gasteiger partial charge in [0, 0.05) is 18.4 Å². The van der Waals surface area contributed by atoms with E-state index in [1.54, 1.807) is 0 Å². The number of nitrogens with zero attached hydrogens (tertiary/aromatic N) is 1. The van der Waals surface area contributed by atoms with Gasteiger partial charge in [0.25, 0.3) is 5.88 Å². The molecule has 1 aliphatic carbocycles. The van der Waals surface area contributed by atoms with Gasteiger partial charge in [-0.25, -0.2) is 4.98 Å². The molecule has 70 valence electrons. The molecule has 0 atom stereocenters. The molecule has 0 amide bonds. The monoisotopic (exact) mass is 181 g/mol. The standard InChI is InChI=1S/C8H11N3O2/c9-5-3-6(4-5)13-8-7(12)10-1-2-11-8/h1-2,5-6H,3-4,9H2,(H,10,12). The molecule has 5 nitrogen and oxygen atoms in total. The molecule has 1 fully saturated rings. The van der Waals surface area contributed by atoms with Gasteiger partial charge in [-0.05, 0) is 12.8 Å². The van der Waals surface area contributed by atoms with Crippen LogP contribution >= 0.6 is 0 Å². The molecule has 0 bridgehead atoms. The minimum atomic E-state index is -0.289. The number of aromatic amines is 1. The largest absolute Gasteiger partial charge is 0.470 e. The molecular formula is C8H11N3O2. The second kappa shape index (κ2) is 3.18. The third-order valence-corrected chi connectivity index (χ3v) is 2.08. The number of aromatic nitrogens is 2. The van der Waals surface area contributed by atoms with E-state index < -0.39 is 0 Å². The molecule has 1 aliphatic rings. The van der Waals surface area contributed by atoms with Crippen LogP contribution in [0.25, 0.3) is 0 Å². The van der Waals surface area contributed by atoms with Crippen LogP contribution in [0.2, 0.25) is 0 Å². The third kappa shape index (κ3) is 1.70. The fraction of sp³-hybridized carbons (Fsp3) is 0.500. The number of rotatable bonds is 2. The van der Waals surface area contributed by atoms with Crippen LogP contribution in [0.5, 0.6) is 5.88 Å². The number of hydrogen-bond donors (Lipinski definition) is 2. The van der Waals surface area contributed by atoms with Crippen LogP contribution in [0.1, 0.15) is 12.8 Å². The maximum Gasteiger partial charge on any atom is 0.310 e. The number of nitrogens with two attached hydrogens (primary N) is 1. The fourth-order valence-corrected chi connectivity index (χ4v) is 1.28. The first-order valence-electron chi connectivity index (χ1n) is 4.21. The third-order valence-electron chi connectivity index (χ3n) is 2.08. The van der Waals surface area contributed by atoms with Gasteiger partial charge in [-0.2, -0.15) is 0 Å². The van der Waals surface area contributed by atoms with E-state index in [1.165, 1.54) is 12.4 Å². The number of ether oxygens (including phenoxy) is 1. The maximum absolute atomic E-state index is 11.1. The molecule has 3 N–H and O–H groups in total. The molecule has 1 heterocycles.